The van der Waals surface area contributed by atoms with Crippen LogP contribution in [0, 0.1) is 6.92 Å². The van der Waals surface area contributed by atoms with Gasteiger partial charge in [0.2, 0.25) is 5.95 Å². The van der Waals surface area contributed by atoms with Crippen LogP contribution in [0.4, 0.5) is 5.95 Å². The normalized spacial score (nSPS) is 15.3. The van der Waals surface area contributed by atoms with E-state index in [1.165, 1.54) is 31.5 Å². The first-order chi connectivity index (χ1) is 12.6. The number of aromatic amines is 1. The lowest BCUT2D eigenvalue weighted by Gasteiger charge is -2.15. The summed E-state index contributed by atoms with van der Waals surface area (Å²) in [6.45, 7) is 6.88. The molecule has 3 rings (SSSR count). The van der Waals surface area contributed by atoms with E-state index in [1.54, 1.807) is 18.9 Å². The number of nitrogens with one attached hydrogen (secondary N) is 3. The number of quaternary nitrogens is 1. The first kappa shape index (κ1) is 18.1. The predicted octanol–water partition coefficient (Wildman–Crippen LogP) is 0.497. The molecule has 1 fully saturated rings. The zero-order valence-electron chi connectivity index (χ0n) is 15.4. The average molecular weight is 357 g/mol. The van der Waals surface area contributed by atoms with Gasteiger partial charge in [-0.3, -0.25) is 9.78 Å². The Morgan fingerprint density at radius 1 is 1.35 bits per heavy atom. The van der Waals surface area contributed by atoms with E-state index >= 15 is 0 Å². The van der Waals surface area contributed by atoms with E-state index in [4.69, 9.17) is 4.74 Å². The van der Waals surface area contributed by atoms with Crippen molar-refractivity contribution in [3.63, 3.8) is 0 Å². The minimum atomic E-state index is -0.282. The summed E-state index contributed by atoms with van der Waals surface area (Å²) < 4.78 is 5.52. The molecule has 1 saturated heterocycles. The summed E-state index contributed by atoms with van der Waals surface area (Å²) in [4.78, 5) is 15.7. The molecule has 0 saturated carbocycles. The van der Waals surface area contributed by atoms with Gasteiger partial charge in [0, 0.05) is 18.4 Å². The maximum absolute atomic E-state index is 11.6. The number of aromatic nitrogens is 3. The first-order valence-electron chi connectivity index (χ1n) is 8.81. The maximum Gasteiger partial charge on any atom is 0.274 e. The zero-order valence-corrected chi connectivity index (χ0v) is 15.4. The van der Waals surface area contributed by atoms with E-state index in [2.05, 4.69) is 31.8 Å². The Morgan fingerprint density at radius 3 is 2.81 bits per heavy atom. The molecule has 8 nitrogen and oxygen atoms in total. The van der Waals surface area contributed by atoms with Crippen molar-refractivity contribution in [2.75, 3.05) is 25.6 Å². The van der Waals surface area contributed by atoms with E-state index < -0.39 is 0 Å². The summed E-state index contributed by atoms with van der Waals surface area (Å²) in [7, 11) is 1.70. The fourth-order valence-electron chi connectivity index (χ4n) is 3.11. The molecule has 0 spiro atoms. The molecule has 0 unspecified atom stereocenters. The van der Waals surface area contributed by atoms with Crippen LogP contribution in [0.3, 0.4) is 0 Å². The Labute approximate surface area is 152 Å². The van der Waals surface area contributed by atoms with Gasteiger partial charge in [-0.2, -0.15) is 5.10 Å². The summed E-state index contributed by atoms with van der Waals surface area (Å²) >= 11 is 0. The predicted molar refractivity (Wildman–Crippen MR) is 99.9 cm³/mol. The second-order valence-corrected chi connectivity index (χ2v) is 6.56. The smallest absolute Gasteiger partial charge is 0.274 e. The highest BCUT2D eigenvalue weighted by molar-refractivity contribution is 5.99. The van der Waals surface area contributed by atoms with Gasteiger partial charge in [-0.25, -0.2) is 5.43 Å². The molecule has 2 aromatic rings. The number of benzene rings is 1. The summed E-state index contributed by atoms with van der Waals surface area (Å²) in [6.07, 6.45) is 2.58. The Hall–Kier alpha value is -2.74. The topological polar surface area (TPSA) is 96.7 Å². The molecule has 1 aliphatic heterocycles. The number of hydrogen-bond acceptors (Lipinski definition) is 6. The lowest BCUT2D eigenvalue weighted by atomic mass is 10.1. The number of H-pyrrole nitrogens is 1. The van der Waals surface area contributed by atoms with Crippen molar-refractivity contribution in [2.45, 2.75) is 33.2 Å². The van der Waals surface area contributed by atoms with Crippen LogP contribution in [0.5, 0.6) is 5.75 Å². The fraction of sp³-hybridized carbons (Fsp3) is 0.444. The van der Waals surface area contributed by atoms with Crippen LogP contribution < -0.4 is 20.6 Å². The van der Waals surface area contributed by atoms with Crippen LogP contribution in [-0.4, -0.2) is 41.1 Å². The molecule has 0 bridgehead atoms. The maximum atomic E-state index is 11.6. The molecule has 138 valence electrons. The highest BCUT2D eigenvalue weighted by atomic mass is 16.5. The summed E-state index contributed by atoms with van der Waals surface area (Å²) in [5, 5.41) is 12.0. The molecule has 0 atom stereocenters. The van der Waals surface area contributed by atoms with Gasteiger partial charge in [-0.15, -0.1) is 10.2 Å². The number of hydrogen-bond donors (Lipinski definition) is 3. The molecule has 1 aromatic carbocycles. The Kier molecular flexibility index (Phi) is 5.62. The number of hydrazone groups is 1. The van der Waals surface area contributed by atoms with E-state index in [1.807, 2.05) is 19.1 Å². The monoisotopic (exact) mass is 357 g/mol. The first-order valence-corrected chi connectivity index (χ1v) is 8.81. The lowest BCUT2D eigenvalue weighted by molar-refractivity contribution is -0.901. The zero-order chi connectivity index (χ0) is 18.5. The Balaban J connectivity index is 1.78. The molecule has 0 amide bonds. The van der Waals surface area contributed by atoms with Gasteiger partial charge in [0.05, 0.1) is 25.9 Å². The number of nitrogens with zero attached hydrogens (tertiary/aromatic N) is 3. The van der Waals surface area contributed by atoms with E-state index in [9.17, 15) is 4.79 Å². The lowest BCUT2D eigenvalue weighted by Crippen LogP contribution is -3.08. The van der Waals surface area contributed by atoms with Gasteiger partial charge >= 0.3 is 0 Å². The minimum Gasteiger partial charge on any atom is -0.496 e. The third kappa shape index (κ3) is 4.26. The molecule has 1 aliphatic rings. The minimum absolute atomic E-state index is 0.218. The number of methoxy groups -OCH3 is 1. The number of ether oxygens (including phenoxy) is 1. The van der Waals surface area contributed by atoms with Crippen LogP contribution in [0.2, 0.25) is 0 Å². The van der Waals surface area contributed by atoms with Crippen LogP contribution in [0.15, 0.2) is 28.1 Å². The van der Waals surface area contributed by atoms with Crippen molar-refractivity contribution >= 4 is 11.7 Å². The SMILES string of the molecule is COc1ccc(/C(C)=N\Nc2nnc(C)c(=O)[nH]2)cc1C[NH+]1CCCC1. The van der Waals surface area contributed by atoms with Crippen LogP contribution >= 0.6 is 0 Å². The second-order valence-electron chi connectivity index (χ2n) is 6.56. The molecule has 2 heterocycles. The van der Waals surface area contributed by atoms with Crippen LogP contribution in [-0.2, 0) is 6.54 Å². The van der Waals surface area contributed by atoms with Gasteiger partial charge in [0.1, 0.15) is 18.0 Å². The van der Waals surface area contributed by atoms with Gasteiger partial charge in [0.15, 0.2) is 0 Å². The summed E-state index contributed by atoms with van der Waals surface area (Å²) in [6, 6.07) is 6.08. The number of rotatable bonds is 6. The van der Waals surface area contributed by atoms with E-state index in [-0.39, 0.29) is 11.5 Å². The van der Waals surface area contributed by atoms with Gasteiger partial charge in [-0.05, 0) is 37.6 Å². The number of anilines is 1. The highest BCUT2D eigenvalue weighted by Crippen LogP contribution is 2.20. The largest absolute Gasteiger partial charge is 0.496 e. The average Bonchev–Trinajstić information content (AvgIpc) is 3.15. The molecule has 26 heavy (non-hydrogen) atoms. The molecule has 1 aromatic heterocycles. The standard InChI is InChI=1S/C18H24N6O2/c1-12(20-22-18-19-17(25)13(2)21-23-18)14-6-7-16(26-3)15(10-14)11-24-8-4-5-9-24/h6-7,10H,4-5,8-9,11H2,1-3H3,(H2,19,22,23,25)/p+1/b20-12-. The van der Waals surface area contributed by atoms with E-state index in [0.29, 0.717) is 5.69 Å². The highest BCUT2D eigenvalue weighted by Gasteiger charge is 2.18. The number of aryl methyl sites for hydroxylation is 1. The van der Waals surface area contributed by atoms with Crippen molar-refractivity contribution in [3.05, 3.63) is 45.4 Å². The van der Waals surface area contributed by atoms with Crippen LogP contribution in [0.25, 0.3) is 0 Å². The fourth-order valence-corrected chi connectivity index (χ4v) is 3.11. The van der Waals surface area contributed by atoms with E-state index in [0.717, 1.165) is 23.6 Å². The molecule has 0 radical (unpaired) electrons. The van der Waals surface area contributed by atoms with Gasteiger partial charge in [-0.1, -0.05) is 0 Å². The molecular formula is C18H25N6O2+. The quantitative estimate of drug-likeness (QED) is 0.517. The van der Waals surface area contributed by atoms with Gasteiger partial charge < -0.3 is 9.64 Å². The molecule has 0 aliphatic carbocycles. The third-order valence-electron chi connectivity index (χ3n) is 4.64. The van der Waals surface area contributed by atoms with Crippen molar-refractivity contribution in [3.8, 4) is 5.75 Å². The van der Waals surface area contributed by atoms with Crippen LogP contribution in [0.1, 0.15) is 36.6 Å². The molecule has 8 heteroatoms. The third-order valence-corrected chi connectivity index (χ3v) is 4.64. The van der Waals surface area contributed by atoms with Crippen molar-refractivity contribution in [1.29, 1.82) is 0 Å². The number of likely N-dealkylation sites (tertiary alicyclic amines) is 1. The molecular weight excluding hydrogens is 332 g/mol. The van der Waals surface area contributed by atoms with Crippen molar-refractivity contribution in [2.24, 2.45) is 5.10 Å². The Bertz CT molecular complexity index is 855. The molecule has 3 N–H and O–H groups in total. The summed E-state index contributed by atoms with van der Waals surface area (Å²) in [5.74, 6) is 1.12. The van der Waals surface area contributed by atoms with Crippen molar-refractivity contribution < 1.29 is 9.64 Å². The van der Waals surface area contributed by atoms with Gasteiger partial charge in [0.25, 0.3) is 5.56 Å². The second kappa shape index (κ2) is 8.09. The Morgan fingerprint density at radius 2 is 2.12 bits per heavy atom. The van der Waals surface area contributed by atoms with Crippen molar-refractivity contribution in [1.82, 2.24) is 15.2 Å². The summed E-state index contributed by atoms with van der Waals surface area (Å²) in [5.41, 5.74) is 5.75.